The molecule has 1 rings (SSSR count). The van der Waals surface area contributed by atoms with Gasteiger partial charge in [-0.2, -0.15) is 0 Å². The van der Waals surface area contributed by atoms with E-state index in [1.807, 2.05) is 31.7 Å². The normalized spacial score (nSPS) is 13.0. The molecule has 1 unspecified atom stereocenters. The molecule has 0 bridgehead atoms. The molecule has 90 valence electrons. The van der Waals surface area contributed by atoms with Gasteiger partial charge in [-0.25, -0.2) is 0 Å². The maximum atomic E-state index is 10.7. The number of aromatic nitrogens is 1. The lowest BCUT2D eigenvalue weighted by Crippen LogP contribution is -2.36. The number of aryl methyl sites for hydroxylation is 1. The number of nitrogens with zero attached hydrogens (tertiary/aromatic N) is 2. The summed E-state index contributed by atoms with van der Waals surface area (Å²) in [5.41, 5.74) is 0.777. The number of carboxylic acid groups (broad SMARTS) is 1. The van der Waals surface area contributed by atoms with Gasteiger partial charge in [0.2, 0.25) is 0 Å². The third-order valence-corrected chi connectivity index (χ3v) is 2.59. The van der Waals surface area contributed by atoms with Crippen LogP contribution in [-0.4, -0.2) is 33.7 Å². The monoisotopic (exact) mass is 226 g/mol. The maximum absolute atomic E-state index is 10.7. The van der Waals surface area contributed by atoms with E-state index in [0.29, 0.717) is 6.54 Å². The van der Waals surface area contributed by atoms with Crippen molar-refractivity contribution in [2.24, 2.45) is 0 Å². The molecule has 0 fully saturated rings. The lowest BCUT2D eigenvalue weighted by molar-refractivity contribution is -0.139. The molecule has 1 heterocycles. The van der Waals surface area contributed by atoms with Gasteiger partial charge in [0.15, 0.2) is 0 Å². The van der Waals surface area contributed by atoms with Crippen molar-refractivity contribution in [3.63, 3.8) is 0 Å². The molecule has 0 spiro atoms. The first-order valence-electron chi connectivity index (χ1n) is 5.41. The molecule has 0 saturated heterocycles. The summed E-state index contributed by atoms with van der Waals surface area (Å²) in [7, 11) is 0. The highest BCUT2D eigenvalue weighted by Gasteiger charge is 2.17. The average molecular weight is 226 g/mol. The molecule has 5 heteroatoms. The highest BCUT2D eigenvalue weighted by atomic mass is 16.5. The molecule has 0 aliphatic heterocycles. The van der Waals surface area contributed by atoms with Crippen LogP contribution in [0.4, 0.5) is 0 Å². The van der Waals surface area contributed by atoms with Crippen molar-refractivity contribution in [1.82, 2.24) is 10.1 Å². The maximum Gasteiger partial charge on any atom is 0.317 e. The van der Waals surface area contributed by atoms with Crippen LogP contribution in [0.25, 0.3) is 0 Å². The highest BCUT2D eigenvalue weighted by Crippen LogP contribution is 2.10. The van der Waals surface area contributed by atoms with Gasteiger partial charge in [-0.15, -0.1) is 0 Å². The number of aliphatic carboxylic acids is 1. The smallest absolute Gasteiger partial charge is 0.317 e. The zero-order valence-electron chi connectivity index (χ0n) is 9.93. The lowest BCUT2D eigenvalue weighted by atomic mass is 10.2. The van der Waals surface area contributed by atoms with Gasteiger partial charge < -0.3 is 9.63 Å². The Labute approximate surface area is 95.0 Å². The summed E-state index contributed by atoms with van der Waals surface area (Å²) in [6.45, 7) is 6.41. The Bertz CT molecular complexity index is 349. The summed E-state index contributed by atoms with van der Waals surface area (Å²) in [6, 6.07) is 2.05. The summed E-state index contributed by atoms with van der Waals surface area (Å²) in [4.78, 5) is 12.6. The molecule has 1 aromatic heterocycles. The van der Waals surface area contributed by atoms with Crippen molar-refractivity contribution in [2.45, 2.75) is 39.8 Å². The Hall–Kier alpha value is -1.36. The Morgan fingerprint density at radius 3 is 2.81 bits per heavy atom. The van der Waals surface area contributed by atoms with Crippen LogP contribution in [-0.2, 0) is 11.3 Å². The largest absolute Gasteiger partial charge is 0.480 e. The number of carbonyl (C=O) groups is 1. The van der Waals surface area contributed by atoms with Gasteiger partial charge >= 0.3 is 5.97 Å². The van der Waals surface area contributed by atoms with E-state index in [0.717, 1.165) is 17.9 Å². The Balaban J connectivity index is 2.66. The van der Waals surface area contributed by atoms with E-state index in [2.05, 4.69) is 5.16 Å². The van der Waals surface area contributed by atoms with Crippen LogP contribution in [0.2, 0.25) is 0 Å². The van der Waals surface area contributed by atoms with Gasteiger partial charge in [0.1, 0.15) is 5.76 Å². The van der Waals surface area contributed by atoms with E-state index in [-0.39, 0.29) is 12.6 Å². The summed E-state index contributed by atoms with van der Waals surface area (Å²) in [5, 5.41) is 12.7. The first-order valence-corrected chi connectivity index (χ1v) is 5.41. The molecular formula is C11H18N2O3. The average Bonchev–Trinajstić information content (AvgIpc) is 2.61. The minimum absolute atomic E-state index is 0.0287. The summed E-state index contributed by atoms with van der Waals surface area (Å²) >= 11 is 0. The van der Waals surface area contributed by atoms with Crippen molar-refractivity contribution in [2.75, 3.05) is 6.54 Å². The Kier molecular flexibility index (Phi) is 4.49. The molecule has 0 radical (unpaired) electrons. The standard InChI is InChI=1S/C11H18N2O3/c1-4-8(2)13(7-11(14)15)6-10-5-9(3)16-12-10/h5,8H,4,6-7H2,1-3H3,(H,14,15). The fourth-order valence-corrected chi connectivity index (χ4v) is 1.50. The molecule has 0 saturated carbocycles. The van der Waals surface area contributed by atoms with Gasteiger partial charge in [0, 0.05) is 18.7 Å². The minimum atomic E-state index is -0.819. The summed E-state index contributed by atoms with van der Waals surface area (Å²) in [5.74, 6) is -0.0741. The van der Waals surface area contributed by atoms with Crippen LogP contribution in [0, 0.1) is 6.92 Å². The topological polar surface area (TPSA) is 66.6 Å². The van der Waals surface area contributed by atoms with Crippen LogP contribution in [0.15, 0.2) is 10.6 Å². The molecule has 1 aromatic rings. The molecule has 0 amide bonds. The van der Waals surface area contributed by atoms with E-state index >= 15 is 0 Å². The fourth-order valence-electron chi connectivity index (χ4n) is 1.50. The van der Waals surface area contributed by atoms with Gasteiger partial charge in [-0.05, 0) is 20.3 Å². The first-order chi connectivity index (χ1) is 7.52. The van der Waals surface area contributed by atoms with Crippen LogP contribution in [0.5, 0.6) is 0 Å². The highest BCUT2D eigenvalue weighted by molar-refractivity contribution is 5.69. The first kappa shape index (κ1) is 12.7. The second-order valence-electron chi connectivity index (χ2n) is 3.98. The van der Waals surface area contributed by atoms with E-state index in [1.54, 1.807) is 0 Å². The van der Waals surface area contributed by atoms with Crippen molar-refractivity contribution in [3.05, 3.63) is 17.5 Å². The second-order valence-corrected chi connectivity index (χ2v) is 3.98. The van der Waals surface area contributed by atoms with Crippen LogP contribution < -0.4 is 0 Å². The zero-order valence-corrected chi connectivity index (χ0v) is 9.93. The third kappa shape index (κ3) is 3.66. The minimum Gasteiger partial charge on any atom is -0.480 e. The summed E-state index contributed by atoms with van der Waals surface area (Å²) in [6.07, 6.45) is 0.907. The molecule has 0 aliphatic carbocycles. The number of rotatable bonds is 6. The van der Waals surface area contributed by atoms with Crippen LogP contribution in [0.1, 0.15) is 31.7 Å². The van der Waals surface area contributed by atoms with Crippen molar-refractivity contribution in [1.29, 1.82) is 0 Å². The molecule has 0 aromatic carbocycles. The Morgan fingerprint density at radius 2 is 2.38 bits per heavy atom. The van der Waals surface area contributed by atoms with Crippen molar-refractivity contribution < 1.29 is 14.4 Å². The molecule has 5 nitrogen and oxygen atoms in total. The van der Waals surface area contributed by atoms with E-state index < -0.39 is 5.97 Å². The predicted molar refractivity (Wildman–Crippen MR) is 59.0 cm³/mol. The molecule has 16 heavy (non-hydrogen) atoms. The molecule has 1 N–H and O–H groups in total. The third-order valence-electron chi connectivity index (χ3n) is 2.59. The molecule has 0 aliphatic rings. The van der Waals surface area contributed by atoms with E-state index in [4.69, 9.17) is 9.63 Å². The predicted octanol–water partition coefficient (Wildman–Crippen LogP) is 1.67. The summed E-state index contributed by atoms with van der Waals surface area (Å²) < 4.78 is 4.96. The van der Waals surface area contributed by atoms with E-state index in [1.165, 1.54) is 0 Å². The van der Waals surface area contributed by atoms with E-state index in [9.17, 15) is 4.79 Å². The zero-order chi connectivity index (χ0) is 12.1. The van der Waals surface area contributed by atoms with Gasteiger partial charge in [0.25, 0.3) is 0 Å². The number of hydrogen-bond donors (Lipinski definition) is 1. The quantitative estimate of drug-likeness (QED) is 0.799. The van der Waals surface area contributed by atoms with Crippen LogP contribution >= 0.6 is 0 Å². The van der Waals surface area contributed by atoms with Gasteiger partial charge in [0.05, 0.1) is 12.2 Å². The van der Waals surface area contributed by atoms with Crippen molar-refractivity contribution in [3.8, 4) is 0 Å². The Morgan fingerprint density at radius 1 is 1.69 bits per heavy atom. The second kappa shape index (κ2) is 5.65. The molecular weight excluding hydrogens is 208 g/mol. The van der Waals surface area contributed by atoms with Crippen molar-refractivity contribution >= 4 is 5.97 Å². The van der Waals surface area contributed by atoms with Gasteiger partial charge in [-0.3, -0.25) is 9.69 Å². The number of hydrogen-bond acceptors (Lipinski definition) is 4. The van der Waals surface area contributed by atoms with Crippen LogP contribution in [0.3, 0.4) is 0 Å². The number of carboxylic acids is 1. The SMILES string of the molecule is CCC(C)N(CC(=O)O)Cc1cc(C)on1. The lowest BCUT2D eigenvalue weighted by Gasteiger charge is -2.25. The fraction of sp³-hybridized carbons (Fsp3) is 0.636. The van der Waals surface area contributed by atoms with Gasteiger partial charge in [-0.1, -0.05) is 12.1 Å². The molecule has 1 atom stereocenters.